The van der Waals surface area contributed by atoms with E-state index >= 15 is 0 Å². The smallest absolute Gasteiger partial charge is 0.183 e. The minimum atomic E-state index is -1.47. The normalized spacial score (nSPS) is 33.8. The van der Waals surface area contributed by atoms with E-state index in [1.54, 1.807) is 24.3 Å². The van der Waals surface area contributed by atoms with Crippen LogP contribution in [0.4, 0.5) is 5.69 Å². The number of benzene rings is 1. The highest BCUT2D eigenvalue weighted by atomic mass is 16.6. The third-order valence-electron chi connectivity index (χ3n) is 3.31. The van der Waals surface area contributed by atoms with Gasteiger partial charge in [0.25, 0.3) is 0 Å². The average Bonchev–Trinajstić information content (AvgIpc) is 2.47. The number of rotatable bonds is 4. The lowest BCUT2D eigenvalue weighted by atomic mass is 9.96. The van der Waals surface area contributed by atoms with E-state index in [1.807, 2.05) is 0 Å². The first-order valence-corrected chi connectivity index (χ1v) is 6.28. The highest BCUT2D eigenvalue weighted by Crippen LogP contribution is 2.24. The van der Waals surface area contributed by atoms with Gasteiger partial charge in [0, 0.05) is 11.8 Å². The number of methoxy groups -OCH3 is 1. The van der Waals surface area contributed by atoms with Gasteiger partial charge in [-0.05, 0) is 12.1 Å². The minimum absolute atomic E-state index is 0.457. The molecule has 1 aromatic carbocycles. The van der Waals surface area contributed by atoms with Crippen LogP contribution in [0.5, 0.6) is 5.75 Å². The van der Waals surface area contributed by atoms with Crippen LogP contribution >= 0.6 is 0 Å². The molecule has 1 saturated heterocycles. The maximum Gasteiger partial charge on any atom is 0.183 e. The highest BCUT2D eigenvalue weighted by Gasteiger charge is 2.43. The van der Waals surface area contributed by atoms with Gasteiger partial charge in [0.2, 0.25) is 0 Å². The molecule has 5 N–H and O–H groups in total. The number of hydrogen-bond donors (Lipinski definition) is 5. The molecule has 0 spiro atoms. The summed E-state index contributed by atoms with van der Waals surface area (Å²) in [6.07, 6.45) is -4.92. The molecule has 1 aromatic rings. The van der Waals surface area contributed by atoms with Crippen molar-refractivity contribution >= 4 is 5.69 Å². The molecule has 1 heterocycles. The minimum Gasteiger partial charge on any atom is -0.497 e. The first-order chi connectivity index (χ1) is 9.56. The molecule has 7 heteroatoms. The maximum absolute atomic E-state index is 10.1. The summed E-state index contributed by atoms with van der Waals surface area (Å²) < 4.78 is 10.00. The van der Waals surface area contributed by atoms with Crippen molar-refractivity contribution in [2.24, 2.45) is 0 Å². The Labute approximate surface area is 116 Å². The van der Waals surface area contributed by atoms with Crippen molar-refractivity contribution in [3.8, 4) is 5.75 Å². The molecule has 20 heavy (non-hydrogen) atoms. The predicted octanol–water partition coefficient (Wildman–Crippen LogP) is -1.09. The van der Waals surface area contributed by atoms with E-state index in [4.69, 9.17) is 14.6 Å². The predicted molar refractivity (Wildman–Crippen MR) is 70.4 cm³/mol. The first-order valence-electron chi connectivity index (χ1n) is 6.28. The fourth-order valence-electron chi connectivity index (χ4n) is 2.18. The zero-order valence-corrected chi connectivity index (χ0v) is 11.0. The summed E-state index contributed by atoms with van der Waals surface area (Å²) in [7, 11) is 1.53. The van der Waals surface area contributed by atoms with Gasteiger partial charge < -0.3 is 35.2 Å². The van der Waals surface area contributed by atoms with Crippen LogP contribution in [0.1, 0.15) is 0 Å². The van der Waals surface area contributed by atoms with Crippen molar-refractivity contribution in [3.05, 3.63) is 24.3 Å². The molecule has 0 saturated carbocycles. The molecule has 112 valence electrons. The van der Waals surface area contributed by atoms with Gasteiger partial charge in [-0.25, -0.2) is 0 Å². The molecule has 1 aliphatic rings. The average molecular weight is 285 g/mol. The second kappa shape index (κ2) is 6.38. The second-order valence-electron chi connectivity index (χ2n) is 4.63. The Bertz CT molecular complexity index is 443. The molecule has 2 rings (SSSR count). The van der Waals surface area contributed by atoms with Crippen LogP contribution in [0.25, 0.3) is 0 Å². The standard InChI is InChI=1S/C13H19NO6/c1-19-8-4-2-3-7(5-8)14-10-11(16)9(6-15)20-13(18)12(10)17/h2-5,9-18H,6H2,1H3/t9-,10-,11+,12-,13-/m1/s1. The van der Waals surface area contributed by atoms with Crippen LogP contribution in [-0.4, -0.2) is 64.8 Å². The van der Waals surface area contributed by atoms with Gasteiger partial charge >= 0.3 is 0 Å². The van der Waals surface area contributed by atoms with Gasteiger partial charge in [-0.2, -0.15) is 0 Å². The molecule has 1 fully saturated rings. The van der Waals surface area contributed by atoms with Crippen LogP contribution in [-0.2, 0) is 4.74 Å². The number of aliphatic hydroxyl groups excluding tert-OH is 4. The van der Waals surface area contributed by atoms with Crippen molar-refractivity contribution in [1.29, 1.82) is 0 Å². The molecule has 0 amide bonds. The van der Waals surface area contributed by atoms with Crippen molar-refractivity contribution in [3.63, 3.8) is 0 Å². The van der Waals surface area contributed by atoms with Gasteiger partial charge in [0.1, 0.15) is 24.1 Å². The van der Waals surface area contributed by atoms with E-state index in [0.29, 0.717) is 11.4 Å². The second-order valence-corrected chi connectivity index (χ2v) is 4.63. The van der Waals surface area contributed by atoms with E-state index < -0.39 is 37.3 Å². The zero-order chi connectivity index (χ0) is 14.7. The summed E-state index contributed by atoms with van der Waals surface area (Å²) in [6.45, 7) is -0.457. The molecule has 0 aromatic heterocycles. The number of anilines is 1. The molecule has 5 atom stereocenters. The Hall–Kier alpha value is -1.38. The largest absolute Gasteiger partial charge is 0.497 e. The van der Waals surface area contributed by atoms with Gasteiger partial charge in [0.05, 0.1) is 19.8 Å². The summed E-state index contributed by atoms with van der Waals surface area (Å²) >= 11 is 0. The molecule has 1 aliphatic heterocycles. The van der Waals surface area contributed by atoms with Crippen LogP contribution in [0.15, 0.2) is 24.3 Å². The summed E-state index contributed by atoms with van der Waals surface area (Å²) in [4.78, 5) is 0. The maximum atomic E-state index is 10.1. The number of hydrogen-bond acceptors (Lipinski definition) is 7. The van der Waals surface area contributed by atoms with E-state index in [1.165, 1.54) is 7.11 Å². The number of nitrogens with one attached hydrogen (secondary N) is 1. The summed E-state index contributed by atoms with van der Waals surface area (Å²) in [5.74, 6) is 0.616. The lowest BCUT2D eigenvalue weighted by molar-refractivity contribution is -0.255. The van der Waals surface area contributed by atoms with Gasteiger partial charge in [0.15, 0.2) is 6.29 Å². The van der Waals surface area contributed by atoms with Crippen LogP contribution in [0.3, 0.4) is 0 Å². The van der Waals surface area contributed by atoms with Gasteiger partial charge in [-0.1, -0.05) is 6.07 Å². The molecule has 0 aliphatic carbocycles. The molecule has 7 nitrogen and oxygen atoms in total. The fraction of sp³-hybridized carbons (Fsp3) is 0.538. The Kier molecular flexibility index (Phi) is 4.79. The third-order valence-corrected chi connectivity index (χ3v) is 3.31. The van der Waals surface area contributed by atoms with E-state index in [9.17, 15) is 15.3 Å². The van der Waals surface area contributed by atoms with Crippen molar-refractivity contribution in [1.82, 2.24) is 0 Å². The Morgan fingerprint density at radius 3 is 2.65 bits per heavy atom. The monoisotopic (exact) mass is 285 g/mol. The summed E-state index contributed by atoms with van der Waals surface area (Å²) in [5, 5.41) is 41.6. The van der Waals surface area contributed by atoms with E-state index in [0.717, 1.165) is 0 Å². The molecular weight excluding hydrogens is 266 g/mol. The quantitative estimate of drug-likeness (QED) is 0.478. The molecule has 0 bridgehead atoms. The van der Waals surface area contributed by atoms with Crippen molar-refractivity contribution < 1.29 is 29.9 Å². The first kappa shape index (κ1) is 15.0. The topological polar surface area (TPSA) is 111 Å². The number of aliphatic hydroxyl groups is 4. The van der Waals surface area contributed by atoms with Crippen molar-refractivity contribution in [2.45, 2.75) is 30.6 Å². The molecular formula is C13H19NO6. The Morgan fingerprint density at radius 2 is 2.00 bits per heavy atom. The van der Waals surface area contributed by atoms with Crippen LogP contribution < -0.4 is 10.1 Å². The lowest BCUT2D eigenvalue weighted by Crippen LogP contribution is -2.61. The lowest BCUT2D eigenvalue weighted by Gasteiger charge is -2.40. The SMILES string of the molecule is COc1cccc(N[C@H]2[C@@H](O)[C@H](O)O[C@H](CO)[C@@H]2O)c1. The zero-order valence-electron chi connectivity index (χ0n) is 11.0. The molecule has 0 unspecified atom stereocenters. The fourth-order valence-corrected chi connectivity index (χ4v) is 2.18. The van der Waals surface area contributed by atoms with Gasteiger partial charge in [-0.3, -0.25) is 0 Å². The molecule has 0 radical (unpaired) electrons. The van der Waals surface area contributed by atoms with Crippen molar-refractivity contribution in [2.75, 3.05) is 19.0 Å². The van der Waals surface area contributed by atoms with Crippen LogP contribution in [0.2, 0.25) is 0 Å². The van der Waals surface area contributed by atoms with Crippen LogP contribution in [0, 0.1) is 0 Å². The summed E-state index contributed by atoms with van der Waals surface area (Å²) in [5.41, 5.74) is 0.609. The van der Waals surface area contributed by atoms with E-state index in [2.05, 4.69) is 5.32 Å². The van der Waals surface area contributed by atoms with E-state index in [-0.39, 0.29) is 0 Å². The third kappa shape index (κ3) is 3.02. The highest BCUT2D eigenvalue weighted by molar-refractivity contribution is 5.49. The summed E-state index contributed by atoms with van der Waals surface area (Å²) in [6, 6.07) is 6.06. The Morgan fingerprint density at radius 1 is 1.25 bits per heavy atom. The Balaban J connectivity index is 2.16. The van der Waals surface area contributed by atoms with Gasteiger partial charge in [-0.15, -0.1) is 0 Å². The number of ether oxygens (including phenoxy) is 2.